The third-order valence-electron chi connectivity index (χ3n) is 10.2. The summed E-state index contributed by atoms with van der Waals surface area (Å²) < 4.78 is 6.67. The van der Waals surface area contributed by atoms with Gasteiger partial charge in [0, 0.05) is 50.8 Å². The number of para-hydroxylation sites is 2. The summed E-state index contributed by atoms with van der Waals surface area (Å²) in [6.45, 7) is 0. The van der Waals surface area contributed by atoms with Crippen molar-refractivity contribution in [2.24, 2.45) is 0 Å². The zero-order valence-electron chi connectivity index (χ0n) is 30.0. The summed E-state index contributed by atoms with van der Waals surface area (Å²) in [5, 5.41) is 4.45. The van der Waals surface area contributed by atoms with E-state index in [1.165, 1.54) is 21.9 Å². The van der Waals surface area contributed by atoms with Crippen molar-refractivity contribution in [2.75, 3.05) is 9.80 Å². The molecule has 0 unspecified atom stereocenters. The Morgan fingerprint density at radius 3 is 1.55 bits per heavy atom. The van der Waals surface area contributed by atoms with Gasteiger partial charge in [-0.15, -0.1) is 0 Å². The van der Waals surface area contributed by atoms with E-state index in [-0.39, 0.29) is 0 Å². The van der Waals surface area contributed by atoms with E-state index in [0.29, 0.717) is 5.89 Å². The van der Waals surface area contributed by atoms with Crippen LogP contribution in [0.15, 0.2) is 217 Å². The van der Waals surface area contributed by atoms with Crippen molar-refractivity contribution >= 4 is 66.8 Å². The summed E-state index contributed by atoms with van der Waals surface area (Å²) in [6.07, 6.45) is 0. The standard InChI is InChI=1S/C51H35N3O/c1-5-15-36(16-6-1)38-25-28-43(29-26-38)54(42-23-11-4-12-24-42)48-35-49-50(52-51(55-49)39-18-7-2-8-19-39)47-34-45(31-32-46(47)48)53(41-21-9-3-10-22-41)44-30-27-37-17-13-14-20-40(37)33-44/h1-35H. The second kappa shape index (κ2) is 13.8. The first kappa shape index (κ1) is 32.2. The number of hydrogen-bond acceptors (Lipinski definition) is 4. The normalized spacial score (nSPS) is 11.3. The largest absolute Gasteiger partial charge is 0.436 e. The fourth-order valence-corrected chi connectivity index (χ4v) is 7.58. The molecule has 0 aliphatic carbocycles. The Morgan fingerprint density at radius 1 is 0.345 bits per heavy atom. The van der Waals surface area contributed by atoms with Crippen LogP contribution < -0.4 is 9.80 Å². The van der Waals surface area contributed by atoms with Gasteiger partial charge in [0.1, 0.15) is 5.52 Å². The SMILES string of the molecule is c1ccc(-c2ccc(N(c3ccccc3)c3cc4oc(-c5ccccc5)nc4c4cc(N(c5ccccc5)c5ccc6ccccc6c5)ccc34)cc2)cc1. The van der Waals surface area contributed by atoms with Crippen molar-refractivity contribution in [3.8, 4) is 22.6 Å². The summed E-state index contributed by atoms with van der Waals surface area (Å²) in [4.78, 5) is 9.82. The van der Waals surface area contributed by atoms with Crippen LogP contribution in [0.1, 0.15) is 0 Å². The highest BCUT2D eigenvalue weighted by Gasteiger charge is 2.22. The average molecular weight is 706 g/mol. The van der Waals surface area contributed by atoms with Crippen LogP contribution in [0.2, 0.25) is 0 Å². The van der Waals surface area contributed by atoms with E-state index in [9.17, 15) is 0 Å². The van der Waals surface area contributed by atoms with Gasteiger partial charge in [0.2, 0.25) is 5.89 Å². The molecule has 1 heterocycles. The van der Waals surface area contributed by atoms with Crippen LogP contribution in [0.4, 0.5) is 34.1 Å². The number of oxazole rings is 1. The minimum absolute atomic E-state index is 0.590. The Morgan fingerprint density at radius 2 is 0.855 bits per heavy atom. The van der Waals surface area contributed by atoms with E-state index in [2.05, 4.69) is 192 Å². The van der Waals surface area contributed by atoms with Crippen molar-refractivity contribution in [1.29, 1.82) is 0 Å². The first-order chi connectivity index (χ1) is 27.3. The van der Waals surface area contributed by atoms with E-state index in [1.807, 2.05) is 30.3 Å². The Bertz CT molecular complexity index is 2910. The monoisotopic (exact) mass is 705 g/mol. The molecule has 0 fully saturated rings. The molecule has 10 rings (SSSR count). The number of aromatic nitrogens is 1. The predicted octanol–water partition coefficient (Wildman–Crippen LogP) is 14.4. The smallest absolute Gasteiger partial charge is 0.227 e. The predicted molar refractivity (Wildman–Crippen MR) is 229 cm³/mol. The Labute approximate surface area is 319 Å². The lowest BCUT2D eigenvalue weighted by Gasteiger charge is -2.28. The second-order valence-corrected chi connectivity index (χ2v) is 13.6. The van der Waals surface area contributed by atoms with Crippen LogP contribution in [0.25, 0.3) is 55.2 Å². The first-order valence-electron chi connectivity index (χ1n) is 18.5. The number of hydrogen-bond donors (Lipinski definition) is 0. The summed E-state index contributed by atoms with van der Waals surface area (Å²) in [6, 6.07) is 74.6. The van der Waals surface area contributed by atoms with Gasteiger partial charge in [-0.25, -0.2) is 4.98 Å². The van der Waals surface area contributed by atoms with E-state index < -0.39 is 0 Å². The molecule has 0 bridgehead atoms. The molecule has 0 radical (unpaired) electrons. The van der Waals surface area contributed by atoms with E-state index in [1.54, 1.807) is 0 Å². The zero-order chi connectivity index (χ0) is 36.6. The van der Waals surface area contributed by atoms with Gasteiger partial charge in [-0.2, -0.15) is 0 Å². The Hall–Kier alpha value is -7.43. The molecule has 1 aromatic heterocycles. The summed E-state index contributed by atoms with van der Waals surface area (Å²) in [5.41, 5.74) is 11.1. The molecule has 0 atom stereocenters. The van der Waals surface area contributed by atoms with Gasteiger partial charge in [-0.05, 0) is 94.7 Å². The van der Waals surface area contributed by atoms with Gasteiger partial charge in [-0.3, -0.25) is 0 Å². The van der Waals surface area contributed by atoms with Crippen molar-refractivity contribution in [1.82, 2.24) is 4.98 Å². The fraction of sp³-hybridized carbons (Fsp3) is 0. The first-order valence-corrected chi connectivity index (χ1v) is 18.5. The highest BCUT2D eigenvalue weighted by atomic mass is 16.3. The number of benzene rings is 9. The van der Waals surface area contributed by atoms with Crippen molar-refractivity contribution < 1.29 is 4.42 Å². The van der Waals surface area contributed by atoms with Gasteiger partial charge in [0.05, 0.1) is 5.69 Å². The lowest BCUT2D eigenvalue weighted by atomic mass is 10.0. The lowest BCUT2D eigenvalue weighted by molar-refractivity contribution is 0.620. The molecule has 0 spiro atoms. The third-order valence-corrected chi connectivity index (χ3v) is 10.2. The maximum Gasteiger partial charge on any atom is 0.227 e. The third kappa shape index (κ3) is 6.06. The van der Waals surface area contributed by atoms with Gasteiger partial charge in [-0.1, -0.05) is 133 Å². The lowest BCUT2D eigenvalue weighted by Crippen LogP contribution is -2.11. The quantitative estimate of drug-likeness (QED) is 0.158. The minimum Gasteiger partial charge on any atom is -0.436 e. The minimum atomic E-state index is 0.590. The maximum atomic E-state index is 6.67. The van der Waals surface area contributed by atoms with Crippen molar-refractivity contribution in [2.45, 2.75) is 0 Å². The number of nitrogens with zero attached hydrogens (tertiary/aromatic N) is 3. The molecule has 9 aromatic carbocycles. The second-order valence-electron chi connectivity index (χ2n) is 13.6. The summed E-state index contributed by atoms with van der Waals surface area (Å²) in [7, 11) is 0. The number of fused-ring (bicyclic) bond motifs is 4. The molecule has 55 heavy (non-hydrogen) atoms. The van der Waals surface area contributed by atoms with Crippen LogP contribution in [0.3, 0.4) is 0 Å². The fourth-order valence-electron chi connectivity index (χ4n) is 7.58. The topological polar surface area (TPSA) is 32.5 Å². The summed E-state index contributed by atoms with van der Waals surface area (Å²) >= 11 is 0. The molecule has 0 aliphatic rings. The number of rotatable bonds is 8. The van der Waals surface area contributed by atoms with Gasteiger partial charge in [0.25, 0.3) is 0 Å². The van der Waals surface area contributed by atoms with Gasteiger partial charge in [0.15, 0.2) is 5.58 Å². The molecule has 4 heteroatoms. The van der Waals surface area contributed by atoms with Crippen LogP contribution in [0.5, 0.6) is 0 Å². The molecular formula is C51H35N3O. The van der Waals surface area contributed by atoms with E-state index in [0.717, 1.165) is 61.6 Å². The molecule has 4 nitrogen and oxygen atoms in total. The van der Waals surface area contributed by atoms with Gasteiger partial charge >= 0.3 is 0 Å². The van der Waals surface area contributed by atoms with E-state index in [4.69, 9.17) is 9.40 Å². The molecule has 0 N–H and O–H groups in total. The van der Waals surface area contributed by atoms with Crippen LogP contribution in [-0.4, -0.2) is 4.98 Å². The van der Waals surface area contributed by atoms with Crippen molar-refractivity contribution in [3.05, 3.63) is 212 Å². The summed E-state index contributed by atoms with van der Waals surface area (Å²) in [5.74, 6) is 0.590. The zero-order valence-corrected chi connectivity index (χ0v) is 30.0. The molecule has 260 valence electrons. The van der Waals surface area contributed by atoms with Crippen molar-refractivity contribution in [3.63, 3.8) is 0 Å². The molecule has 10 aromatic rings. The molecular weight excluding hydrogens is 671 g/mol. The highest BCUT2D eigenvalue weighted by Crippen LogP contribution is 2.45. The molecule has 0 amide bonds. The van der Waals surface area contributed by atoms with Crippen LogP contribution in [-0.2, 0) is 0 Å². The highest BCUT2D eigenvalue weighted by molar-refractivity contribution is 6.13. The molecule has 0 aliphatic heterocycles. The number of anilines is 6. The van der Waals surface area contributed by atoms with Crippen LogP contribution in [0, 0.1) is 0 Å². The van der Waals surface area contributed by atoms with Gasteiger partial charge < -0.3 is 14.2 Å². The van der Waals surface area contributed by atoms with Crippen LogP contribution >= 0.6 is 0 Å². The Kier molecular flexibility index (Phi) is 8.12. The molecule has 0 saturated carbocycles. The Balaban J connectivity index is 1.21. The average Bonchev–Trinajstić information content (AvgIpc) is 3.70. The molecule has 0 saturated heterocycles. The van der Waals surface area contributed by atoms with E-state index >= 15 is 0 Å². The maximum absolute atomic E-state index is 6.67.